The minimum absolute atomic E-state index is 0.264. The maximum Gasteiger partial charge on any atom is 0.257 e. The summed E-state index contributed by atoms with van der Waals surface area (Å²) in [7, 11) is 0. The number of hydrogen-bond donors (Lipinski definition) is 2. The minimum Gasteiger partial charge on any atom is -0.492 e. The fourth-order valence-electron chi connectivity index (χ4n) is 3.17. The first-order valence-corrected chi connectivity index (χ1v) is 11.1. The molecule has 0 fully saturated rings. The van der Waals surface area contributed by atoms with Crippen molar-refractivity contribution in [3.8, 4) is 5.75 Å². The molecule has 0 saturated carbocycles. The van der Waals surface area contributed by atoms with Gasteiger partial charge in [0.2, 0.25) is 0 Å². The lowest BCUT2D eigenvalue weighted by Crippen LogP contribution is -2.34. The second kappa shape index (κ2) is 11.3. The predicted octanol–water partition coefficient (Wildman–Crippen LogP) is 6.46. The second-order valence-corrected chi connectivity index (χ2v) is 8.50. The van der Waals surface area contributed by atoms with Crippen molar-refractivity contribution in [1.82, 2.24) is 5.32 Å². The summed E-state index contributed by atoms with van der Waals surface area (Å²) >= 11 is 8.83. The van der Waals surface area contributed by atoms with E-state index in [0.29, 0.717) is 12.2 Å². The molecule has 29 heavy (non-hydrogen) atoms. The highest BCUT2D eigenvalue weighted by molar-refractivity contribution is 9.10. The van der Waals surface area contributed by atoms with Crippen LogP contribution in [-0.4, -0.2) is 17.6 Å². The highest BCUT2D eigenvalue weighted by Gasteiger charge is 2.12. The van der Waals surface area contributed by atoms with E-state index in [2.05, 4.69) is 52.5 Å². The molecule has 0 bridgehead atoms. The van der Waals surface area contributed by atoms with Crippen LogP contribution >= 0.6 is 28.1 Å². The largest absolute Gasteiger partial charge is 0.492 e. The first kappa shape index (κ1) is 23.4. The zero-order valence-corrected chi connectivity index (χ0v) is 19.9. The summed E-state index contributed by atoms with van der Waals surface area (Å²) in [6.45, 7) is 8.95. The smallest absolute Gasteiger partial charge is 0.257 e. The Morgan fingerprint density at radius 3 is 2.38 bits per heavy atom. The van der Waals surface area contributed by atoms with E-state index in [1.807, 2.05) is 19.9 Å². The summed E-state index contributed by atoms with van der Waals surface area (Å²) in [5.74, 6) is 0.477. The summed E-state index contributed by atoms with van der Waals surface area (Å²) in [5.41, 5.74) is 4.80. The van der Waals surface area contributed by atoms with E-state index in [1.165, 1.54) is 24.8 Å². The molecule has 1 amide bonds. The van der Waals surface area contributed by atoms with Gasteiger partial charge in [-0.15, -0.1) is 0 Å². The van der Waals surface area contributed by atoms with E-state index >= 15 is 0 Å². The predicted molar refractivity (Wildman–Crippen MR) is 128 cm³/mol. The van der Waals surface area contributed by atoms with Crippen LogP contribution in [0.5, 0.6) is 5.75 Å². The average molecular weight is 477 g/mol. The van der Waals surface area contributed by atoms with Gasteiger partial charge in [0, 0.05) is 11.3 Å². The van der Waals surface area contributed by atoms with Crippen molar-refractivity contribution < 1.29 is 9.53 Å². The van der Waals surface area contributed by atoms with Gasteiger partial charge in [-0.3, -0.25) is 10.1 Å². The molecule has 0 aliphatic carbocycles. The minimum atomic E-state index is -0.264. The van der Waals surface area contributed by atoms with Crippen LogP contribution in [0.2, 0.25) is 0 Å². The molecular formula is C23H29BrN2O2S. The molecule has 0 unspecified atom stereocenters. The van der Waals surface area contributed by atoms with Crippen molar-refractivity contribution in [3.63, 3.8) is 0 Å². The van der Waals surface area contributed by atoms with Crippen molar-refractivity contribution >= 4 is 44.9 Å². The van der Waals surface area contributed by atoms with Gasteiger partial charge in [-0.25, -0.2) is 0 Å². The van der Waals surface area contributed by atoms with Crippen LogP contribution in [0.1, 0.15) is 59.7 Å². The van der Waals surface area contributed by atoms with Gasteiger partial charge in [-0.2, -0.15) is 0 Å². The van der Waals surface area contributed by atoms with Gasteiger partial charge in [0.05, 0.1) is 11.1 Å². The van der Waals surface area contributed by atoms with E-state index in [1.54, 1.807) is 12.1 Å². The number of halogens is 1. The second-order valence-electron chi connectivity index (χ2n) is 7.24. The summed E-state index contributed by atoms with van der Waals surface area (Å²) in [5, 5.41) is 6.16. The first-order valence-electron chi connectivity index (χ1n) is 9.94. The molecule has 4 nitrogen and oxygen atoms in total. The zero-order chi connectivity index (χ0) is 21.4. The Morgan fingerprint density at radius 1 is 1.07 bits per heavy atom. The number of carbonyl (C=O) groups is 1. The lowest BCUT2D eigenvalue weighted by molar-refractivity contribution is 0.0977. The van der Waals surface area contributed by atoms with Crippen molar-refractivity contribution in [2.45, 2.75) is 53.4 Å². The molecule has 2 rings (SSSR count). The highest BCUT2D eigenvalue weighted by Crippen LogP contribution is 2.26. The number of unbranched alkanes of at least 4 members (excludes halogenated alkanes) is 3. The number of hydrogen-bond acceptors (Lipinski definition) is 3. The van der Waals surface area contributed by atoms with E-state index < -0.39 is 0 Å². The number of nitrogens with one attached hydrogen (secondary N) is 2. The van der Waals surface area contributed by atoms with Crippen molar-refractivity contribution in [2.24, 2.45) is 0 Å². The van der Waals surface area contributed by atoms with Gasteiger partial charge in [0.25, 0.3) is 5.91 Å². The van der Waals surface area contributed by atoms with Gasteiger partial charge in [0.15, 0.2) is 5.11 Å². The normalized spacial score (nSPS) is 10.5. The molecule has 0 heterocycles. The van der Waals surface area contributed by atoms with Crippen LogP contribution in [0.3, 0.4) is 0 Å². The Labute approximate surface area is 187 Å². The van der Waals surface area contributed by atoms with Crippen LogP contribution in [0, 0.1) is 20.8 Å². The molecule has 2 aromatic carbocycles. The number of benzene rings is 2. The van der Waals surface area contributed by atoms with E-state index in [9.17, 15) is 4.79 Å². The third kappa shape index (κ3) is 7.12. The van der Waals surface area contributed by atoms with E-state index in [0.717, 1.165) is 33.5 Å². The molecule has 2 N–H and O–H groups in total. The topological polar surface area (TPSA) is 50.4 Å². The van der Waals surface area contributed by atoms with Crippen LogP contribution < -0.4 is 15.4 Å². The van der Waals surface area contributed by atoms with Crippen molar-refractivity contribution in [2.75, 3.05) is 11.9 Å². The van der Waals surface area contributed by atoms with Crippen LogP contribution in [0.15, 0.2) is 34.8 Å². The summed E-state index contributed by atoms with van der Waals surface area (Å²) in [6.07, 6.45) is 4.62. The maximum atomic E-state index is 12.6. The summed E-state index contributed by atoms with van der Waals surface area (Å²) in [6, 6.07) is 9.47. The molecule has 0 spiro atoms. The number of anilines is 1. The number of carbonyl (C=O) groups excluding carboxylic acids is 1. The molecule has 0 aliphatic rings. The standard InChI is InChI=1S/C23H29BrN2O2S/c1-5-6-7-8-11-28-20-10-9-18(14-19(20)24)22(27)26-23(29)25-21-16(3)12-15(2)13-17(21)4/h9-10,12-14H,5-8,11H2,1-4H3,(H2,25,26,27,29). The third-order valence-electron chi connectivity index (χ3n) is 4.59. The van der Waals surface area contributed by atoms with Crippen molar-refractivity contribution in [1.29, 1.82) is 0 Å². The SMILES string of the molecule is CCCCCCOc1ccc(C(=O)NC(=S)Nc2c(C)cc(C)cc2C)cc1Br. The van der Waals surface area contributed by atoms with E-state index in [4.69, 9.17) is 17.0 Å². The Balaban J connectivity index is 1.95. The summed E-state index contributed by atoms with van der Waals surface area (Å²) < 4.78 is 6.55. The molecule has 0 aliphatic heterocycles. The van der Waals surface area contributed by atoms with Crippen molar-refractivity contribution in [3.05, 3.63) is 57.1 Å². The highest BCUT2D eigenvalue weighted by atomic mass is 79.9. The van der Waals surface area contributed by atoms with Crippen LogP contribution in [-0.2, 0) is 0 Å². The fraction of sp³-hybridized carbons (Fsp3) is 0.391. The molecule has 0 aromatic heterocycles. The first-order chi connectivity index (χ1) is 13.8. The van der Waals surface area contributed by atoms with Gasteiger partial charge >= 0.3 is 0 Å². The summed E-state index contributed by atoms with van der Waals surface area (Å²) in [4.78, 5) is 12.6. The third-order valence-corrected chi connectivity index (χ3v) is 5.42. The lowest BCUT2D eigenvalue weighted by atomic mass is 10.1. The maximum absolute atomic E-state index is 12.6. The molecule has 6 heteroatoms. The van der Waals surface area contributed by atoms with Gasteiger partial charge < -0.3 is 10.1 Å². The molecule has 2 aromatic rings. The zero-order valence-electron chi connectivity index (χ0n) is 17.5. The van der Waals surface area contributed by atoms with E-state index in [-0.39, 0.29) is 11.0 Å². The number of thiocarbonyl (C=S) groups is 1. The Bertz CT molecular complexity index is 860. The number of aryl methyl sites for hydroxylation is 3. The quantitative estimate of drug-likeness (QED) is 0.339. The number of amides is 1. The van der Waals surface area contributed by atoms with Gasteiger partial charge in [0.1, 0.15) is 5.75 Å². The molecular weight excluding hydrogens is 448 g/mol. The number of rotatable bonds is 8. The molecule has 0 atom stereocenters. The van der Waals surface area contributed by atoms with Gasteiger partial charge in [-0.05, 0) is 84.7 Å². The molecule has 0 radical (unpaired) electrons. The van der Waals surface area contributed by atoms with Gasteiger partial charge in [-0.1, -0.05) is 43.9 Å². The number of ether oxygens (including phenoxy) is 1. The Kier molecular flexibility index (Phi) is 9.11. The Hall–Kier alpha value is -1.92. The van der Waals surface area contributed by atoms with Crippen LogP contribution in [0.25, 0.3) is 0 Å². The molecule has 0 saturated heterocycles. The Morgan fingerprint density at radius 2 is 1.76 bits per heavy atom. The fourth-order valence-corrected chi connectivity index (χ4v) is 3.86. The monoisotopic (exact) mass is 476 g/mol. The molecule has 156 valence electrons. The lowest BCUT2D eigenvalue weighted by Gasteiger charge is -2.15. The average Bonchev–Trinajstić information content (AvgIpc) is 2.65. The van der Waals surface area contributed by atoms with Crippen LogP contribution in [0.4, 0.5) is 5.69 Å².